The summed E-state index contributed by atoms with van der Waals surface area (Å²) in [5, 5.41) is 0. The van der Waals surface area contributed by atoms with Crippen LogP contribution in [0.3, 0.4) is 0 Å². The van der Waals surface area contributed by atoms with Crippen molar-refractivity contribution in [3.63, 3.8) is 0 Å². The van der Waals surface area contributed by atoms with E-state index in [0.29, 0.717) is 22.3 Å². The first kappa shape index (κ1) is 15.3. The van der Waals surface area contributed by atoms with E-state index in [-0.39, 0.29) is 12.1 Å². The molecule has 0 saturated heterocycles. The lowest BCUT2D eigenvalue weighted by Gasteiger charge is -2.40. The van der Waals surface area contributed by atoms with E-state index in [1.54, 1.807) is 6.92 Å². The standard InChI is InChI=1S/C16H28O2/c1-11(2)14(17)18-12(3)10-13-8-9-15(4,5)16(13,6)7/h12-13H,1,8-10H2,2-7H3. The van der Waals surface area contributed by atoms with Crippen molar-refractivity contribution in [1.29, 1.82) is 0 Å². The Hall–Kier alpha value is -0.790. The summed E-state index contributed by atoms with van der Waals surface area (Å²) in [4.78, 5) is 11.5. The van der Waals surface area contributed by atoms with Crippen molar-refractivity contribution in [2.24, 2.45) is 16.7 Å². The normalized spacial score (nSPS) is 26.7. The molecular weight excluding hydrogens is 224 g/mol. The van der Waals surface area contributed by atoms with Crippen LogP contribution in [-0.4, -0.2) is 12.1 Å². The molecule has 0 spiro atoms. The molecule has 2 nitrogen and oxygen atoms in total. The molecule has 0 bridgehead atoms. The number of rotatable bonds is 4. The van der Waals surface area contributed by atoms with E-state index in [4.69, 9.17) is 4.74 Å². The zero-order valence-corrected chi connectivity index (χ0v) is 12.8. The first-order valence-electron chi connectivity index (χ1n) is 6.94. The molecule has 0 amide bonds. The fraction of sp³-hybridized carbons (Fsp3) is 0.812. The Morgan fingerprint density at radius 1 is 1.39 bits per heavy atom. The average molecular weight is 252 g/mol. The maximum absolute atomic E-state index is 11.5. The molecule has 0 aromatic heterocycles. The van der Waals surface area contributed by atoms with Crippen LogP contribution >= 0.6 is 0 Å². The molecule has 1 rings (SSSR count). The van der Waals surface area contributed by atoms with Crippen LogP contribution in [0.5, 0.6) is 0 Å². The van der Waals surface area contributed by atoms with Gasteiger partial charge in [0, 0.05) is 5.57 Å². The molecule has 2 atom stereocenters. The minimum absolute atomic E-state index is 0.0209. The van der Waals surface area contributed by atoms with E-state index in [0.717, 1.165) is 6.42 Å². The zero-order chi connectivity index (χ0) is 14.1. The second kappa shape index (κ2) is 5.07. The molecular formula is C16H28O2. The van der Waals surface area contributed by atoms with Gasteiger partial charge in [-0.1, -0.05) is 34.3 Å². The third-order valence-corrected chi connectivity index (χ3v) is 5.16. The molecule has 2 heteroatoms. The monoisotopic (exact) mass is 252 g/mol. The summed E-state index contributed by atoms with van der Waals surface area (Å²) >= 11 is 0. The van der Waals surface area contributed by atoms with Gasteiger partial charge in [0.25, 0.3) is 0 Å². The van der Waals surface area contributed by atoms with Crippen LogP contribution in [0, 0.1) is 16.7 Å². The number of carbonyl (C=O) groups excluding carboxylic acids is 1. The van der Waals surface area contributed by atoms with Gasteiger partial charge in [-0.3, -0.25) is 0 Å². The van der Waals surface area contributed by atoms with E-state index >= 15 is 0 Å². The van der Waals surface area contributed by atoms with E-state index in [1.807, 2.05) is 6.92 Å². The molecule has 0 aliphatic heterocycles. The lowest BCUT2D eigenvalue weighted by molar-refractivity contribution is -0.144. The molecule has 104 valence electrons. The van der Waals surface area contributed by atoms with Crippen molar-refractivity contribution in [2.45, 2.75) is 66.9 Å². The van der Waals surface area contributed by atoms with Crippen LogP contribution in [0.15, 0.2) is 12.2 Å². The summed E-state index contributed by atoms with van der Waals surface area (Å²) in [5.74, 6) is 0.359. The zero-order valence-electron chi connectivity index (χ0n) is 12.8. The molecule has 1 fully saturated rings. The first-order chi connectivity index (χ1) is 8.08. The number of hydrogen-bond donors (Lipinski definition) is 0. The smallest absolute Gasteiger partial charge is 0.333 e. The lowest BCUT2D eigenvalue weighted by atomic mass is 9.66. The molecule has 1 saturated carbocycles. The highest BCUT2D eigenvalue weighted by Crippen LogP contribution is 2.56. The van der Waals surface area contributed by atoms with Crippen LogP contribution < -0.4 is 0 Å². The highest BCUT2D eigenvalue weighted by molar-refractivity contribution is 5.87. The van der Waals surface area contributed by atoms with Crippen molar-refractivity contribution in [3.05, 3.63) is 12.2 Å². The van der Waals surface area contributed by atoms with Gasteiger partial charge in [0.2, 0.25) is 0 Å². The number of carbonyl (C=O) groups is 1. The van der Waals surface area contributed by atoms with Gasteiger partial charge in [-0.25, -0.2) is 4.79 Å². The van der Waals surface area contributed by atoms with Gasteiger partial charge in [-0.2, -0.15) is 0 Å². The molecule has 1 aliphatic rings. The summed E-state index contributed by atoms with van der Waals surface area (Å²) in [5.41, 5.74) is 1.15. The lowest BCUT2D eigenvalue weighted by Crippen LogP contribution is -2.33. The minimum atomic E-state index is -0.266. The molecule has 0 aromatic rings. The quantitative estimate of drug-likeness (QED) is 0.549. The Balaban J connectivity index is 2.59. The Morgan fingerprint density at radius 2 is 1.94 bits per heavy atom. The van der Waals surface area contributed by atoms with Crippen molar-refractivity contribution >= 4 is 5.97 Å². The van der Waals surface area contributed by atoms with Gasteiger partial charge < -0.3 is 4.74 Å². The predicted molar refractivity (Wildman–Crippen MR) is 75.3 cm³/mol. The first-order valence-corrected chi connectivity index (χ1v) is 6.94. The molecule has 2 unspecified atom stereocenters. The van der Waals surface area contributed by atoms with Gasteiger partial charge in [0.15, 0.2) is 0 Å². The van der Waals surface area contributed by atoms with Gasteiger partial charge in [0.1, 0.15) is 0 Å². The maximum atomic E-state index is 11.5. The fourth-order valence-corrected chi connectivity index (χ4v) is 2.92. The minimum Gasteiger partial charge on any atom is -0.459 e. The largest absolute Gasteiger partial charge is 0.459 e. The molecule has 1 aliphatic carbocycles. The second-order valence-electron chi connectivity index (χ2n) is 7.07. The van der Waals surface area contributed by atoms with E-state index < -0.39 is 0 Å². The predicted octanol–water partition coefficient (Wildman–Crippen LogP) is 4.35. The molecule has 0 N–H and O–H groups in total. The second-order valence-corrected chi connectivity index (χ2v) is 7.07. The molecule has 0 radical (unpaired) electrons. The molecule has 0 aromatic carbocycles. The SMILES string of the molecule is C=C(C)C(=O)OC(C)CC1CCC(C)(C)C1(C)C. The third-order valence-electron chi connectivity index (χ3n) is 5.16. The topological polar surface area (TPSA) is 26.3 Å². The summed E-state index contributed by atoms with van der Waals surface area (Å²) in [6.45, 7) is 16.7. The van der Waals surface area contributed by atoms with Gasteiger partial charge in [0.05, 0.1) is 6.10 Å². The Bertz CT molecular complexity index is 339. The summed E-state index contributed by atoms with van der Waals surface area (Å²) in [6, 6.07) is 0. The highest BCUT2D eigenvalue weighted by atomic mass is 16.5. The Labute approximate surface area is 112 Å². The van der Waals surface area contributed by atoms with Crippen LogP contribution in [0.2, 0.25) is 0 Å². The number of ether oxygens (including phenoxy) is 1. The van der Waals surface area contributed by atoms with Crippen LogP contribution in [0.1, 0.15) is 60.8 Å². The van der Waals surface area contributed by atoms with Gasteiger partial charge in [-0.15, -0.1) is 0 Å². The Morgan fingerprint density at radius 3 is 2.33 bits per heavy atom. The molecule has 0 heterocycles. The van der Waals surface area contributed by atoms with Crippen molar-refractivity contribution in [2.75, 3.05) is 0 Å². The van der Waals surface area contributed by atoms with Crippen molar-refractivity contribution in [3.8, 4) is 0 Å². The maximum Gasteiger partial charge on any atom is 0.333 e. The highest BCUT2D eigenvalue weighted by Gasteiger charge is 2.48. The van der Waals surface area contributed by atoms with Crippen LogP contribution in [-0.2, 0) is 9.53 Å². The van der Waals surface area contributed by atoms with E-state index in [2.05, 4.69) is 34.3 Å². The summed E-state index contributed by atoms with van der Waals surface area (Å²) in [7, 11) is 0. The van der Waals surface area contributed by atoms with Crippen LogP contribution in [0.25, 0.3) is 0 Å². The molecule has 18 heavy (non-hydrogen) atoms. The van der Waals surface area contributed by atoms with E-state index in [9.17, 15) is 4.79 Å². The van der Waals surface area contributed by atoms with E-state index in [1.165, 1.54) is 12.8 Å². The van der Waals surface area contributed by atoms with Crippen LogP contribution in [0.4, 0.5) is 0 Å². The van der Waals surface area contributed by atoms with Gasteiger partial charge in [-0.05, 0) is 49.9 Å². The fourth-order valence-electron chi connectivity index (χ4n) is 2.92. The van der Waals surface area contributed by atoms with Gasteiger partial charge >= 0.3 is 5.97 Å². The summed E-state index contributed by atoms with van der Waals surface area (Å²) in [6.07, 6.45) is 3.42. The average Bonchev–Trinajstić information content (AvgIpc) is 2.40. The Kier molecular flexibility index (Phi) is 4.30. The number of hydrogen-bond acceptors (Lipinski definition) is 2. The number of esters is 1. The van der Waals surface area contributed by atoms with Crippen molar-refractivity contribution in [1.82, 2.24) is 0 Å². The summed E-state index contributed by atoms with van der Waals surface area (Å²) < 4.78 is 5.40. The third kappa shape index (κ3) is 2.96. The van der Waals surface area contributed by atoms with Crippen molar-refractivity contribution < 1.29 is 9.53 Å².